The molecule has 33 rings (SSSR count). The molecule has 0 aliphatic rings. The zero-order valence-corrected chi connectivity index (χ0v) is 83.4. The van der Waals surface area contributed by atoms with E-state index in [4.69, 9.17) is 13.3 Å². The highest BCUT2D eigenvalue weighted by atomic mass is 32.1. The highest BCUT2D eigenvalue weighted by molar-refractivity contribution is 7.27. The second-order valence-corrected chi connectivity index (χ2v) is 42.9. The van der Waals surface area contributed by atoms with E-state index in [9.17, 15) is 0 Å². The van der Waals surface area contributed by atoms with E-state index in [0.29, 0.717) is 0 Å². The Morgan fingerprint density at radius 2 is 0.420 bits per heavy atom. The van der Waals surface area contributed by atoms with Crippen LogP contribution < -0.4 is 0 Å². The summed E-state index contributed by atoms with van der Waals surface area (Å²) in [5.41, 5.74) is 28.0. The van der Waals surface area contributed by atoms with Crippen molar-refractivity contribution >= 4 is 257 Å². The quantitative estimate of drug-likeness (QED) is 0.135. The Hall–Kier alpha value is -18.7. The zero-order chi connectivity index (χ0) is 98.3. The van der Waals surface area contributed by atoms with Crippen molar-refractivity contribution in [2.75, 3.05) is 0 Å². The van der Waals surface area contributed by atoms with Crippen LogP contribution in [0.2, 0.25) is 0 Å². The van der Waals surface area contributed by atoms with Gasteiger partial charge in [-0.25, -0.2) is 0 Å². The van der Waals surface area contributed by atoms with E-state index in [1.54, 1.807) is 0 Å². The van der Waals surface area contributed by atoms with Crippen molar-refractivity contribution in [3.05, 3.63) is 510 Å². The van der Waals surface area contributed by atoms with Gasteiger partial charge in [-0.1, -0.05) is 388 Å². The van der Waals surface area contributed by atoms with Gasteiger partial charge in [-0.2, -0.15) is 0 Å². The second-order valence-electron chi connectivity index (χ2n) is 39.7. The molecule has 27 aromatic carbocycles. The third kappa shape index (κ3) is 13.9. The molecule has 0 saturated heterocycles. The molecule has 3 nitrogen and oxygen atoms in total. The first-order valence-electron chi connectivity index (χ1n) is 51.2. The number of hydrogen-bond donors (Lipinski definition) is 0. The van der Waals surface area contributed by atoms with Crippen LogP contribution in [0.25, 0.3) is 323 Å². The molecule has 0 radical (unpaired) electrons. The Labute approximate surface area is 873 Å². The van der Waals surface area contributed by atoms with Gasteiger partial charge in [-0.15, -0.1) is 34.0 Å². The predicted molar refractivity (Wildman–Crippen MR) is 646 cm³/mol. The molecular formula is C144H84O3S3. The maximum atomic E-state index is 6.52. The fourth-order valence-corrected chi connectivity index (χ4v) is 28.1. The van der Waals surface area contributed by atoms with Gasteiger partial charge in [0.1, 0.15) is 27.9 Å². The van der Waals surface area contributed by atoms with E-state index in [1.807, 2.05) is 46.1 Å². The zero-order valence-electron chi connectivity index (χ0n) is 80.9. The molecule has 150 heavy (non-hydrogen) atoms. The van der Waals surface area contributed by atoms with E-state index in [0.717, 1.165) is 38.9 Å². The summed E-state index contributed by atoms with van der Waals surface area (Å²) in [5, 5.41) is 37.5. The first-order valence-corrected chi connectivity index (χ1v) is 53.7. The van der Waals surface area contributed by atoms with Gasteiger partial charge in [-0.05, 0) is 318 Å². The SMILES string of the molecule is c1ccc(-c2c3ccccc3c(-c3cccc(-c4ccc5cc6c(cc5c4)oc4cc5sc7ccccc7c5cc46)c3)c3ccccc23)cc1.c1ccc(-c2c3ccccc3c(-c3cccc(-c4ccc5cc6c(cc5c4)sc4c6ccc5c6ccccc6oc54)c3)c3ccccc23)cc1.c1ccc(-c2c3ccccc3c(-c3cccc(-c4ccc5cc6c(cc5c4)sc4c6ccc5oc6ccccc6c54)c3)c3ccccc23)cc1. The van der Waals surface area contributed by atoms with Crippen LogP contribution in [0.15, 0.2) is 523 Å². The van der Waals surface area contributed by atoms with Crippen molar-refractivity contribution in [2.24, 2.45) is 0 Å². The van der Waals surface area contributed by atoms with Crippen LogP contribution in [0.3, 0.4) is 0 Å². The largest absolute Gasteiger partial charge is 0.456 e. The van der Waals surface area contributed by atoms with Crippen molar-refractivity contribution < 1.29 is 13.3 Å². The molecular weight excluding hydrogens is 1870 g/mol. The number of hydrogen-bond acceptors (Lipinski definition) is 6. The van der Waals surface area contributed by atoms with Gasteiger partial charge in [0.2, 0.25) is 0 Å². The highest BCUT2D eigenvalue weighted by Gasteiger charge is 2.26. The van der Waals surface area contributed by atoms with Crippen LogP contribution in [0.1, 0.15) is 0 Å². The lowest BCUT2D eigenvalue weighted by Crippen LogP contribution is -1.91. The molecule has 0 amide bonds. The topological polar surface area (TPSA) is 39.4 Å². The molecule has 0 fully saturated rings. The lowest BCUT2D eigenvalue weighted by molar-refractivity contribution is 0.669. The molecule has 6 heterocycles. The summed E-state index contributed by atoms with van der Waals surface area (Å²) in [7, 11) is 0. The number of para-hydroxylation sites is 2. The minimum atomic E-state index is 0.928. The summed E-state index contributed by atoms with van der Waals surface area (Å²) in [6.45, 7) is 0. The van der Waals surface area contributed by atoms with E-state index in [-0.39, 0.29) is 0 Å². The van der Waals surface area contributed by atoms with Crippen LogP contribution >= 0.6 is 34.0 Å². The summed E-state index contributed by atoms with van der Waals surface area (Å²) in [6.07, 6.45) is 0. The standard InChI is InChI=1S/3C48H28OS/c1-2-11-29(12-3-1)47-36-16-4-6-18-38(36)48(39-19-7-5-17-37(39)47)33-14-10-13-30(23-33)31-21-22-32-25-40-41-27-42-35-15-8-9-20-45(35)50-46(42)28-44(41)49-43(40)26-34(32)24-31;1-2-11-29(12-3-1)45-36-16-4-6-18-38(36)46(39-19-7-5-17-37(39)45)33-14-10-13-30(25-33)31-21-22-32-27-42-41-24-23-40-35-15-8-9-20-43(35)49-47(40)48(41)50-44(42)28-34(32)26-31;1-2-11-29(12-3-1)45-35-15-4-6-17-37(35)46(38-18-7-5-16-36(38)45)33-14-10-13-30(25-33)31-21-22-32-27-41-39-23-24-43-47(40-19-8-9-20-42(40)49-43)48(39)50-44(41)28-34(32)26-31/h3*1-28H. The molecule has 0 unspecified atom stereocenters. The van der Waals surface area contributed by atoms with E-state index >= 15 is 0 Å². The van der Waals surface area contributed by atoms with Crippen LogP contribution in [-0.2, 0) is 0 Å². The molecule has 0 aliphatic heterocycles. The molecule has 33 aromatic rings. The number of thiophene rings is 3. The van der Waals surface area contributed by atoms with Gasteiger partial charge in [0.15, 0.2) is 5.58 Å². The number of rotatable bonds is 9. The summed E-state index contributed by atoms with van der Waals surface area (Å²) >= 11 is 5.53. The minimum Gasteiger partial charge on any atom is -0.456 e. The third-order valence-electron chi connectivity index (χ3n) is 31.2. The summed E-state index contributed by atoms with van der Waals surface area (Å²) < 4.78 is 26.8. The van der Waals surface area contributed by atoms with E-state index < -0.39 is 0 Å². The average Bonchev–Trinajstić information content (AvgIpc) is 1.03. The molecule has 0 N–H and O–H groups in total. The fourth-order valence-electron chi connectivity index (χ4n) is 24.4. The van der Waals surface area contributed by atoms with Crippen molar-refractivity contribution in [1.82, 2.24) is 0 Å². The minimum absolute atomic E-state index is 0.928. The van der Waals surface area contributed by atoms with Gasteiger partial charge in [0.05, 0.1) is 4.70 Å². The molecule has 0 atom stereocenters. The summed E-state index contributed by atoms with van der Waals surface area (Å²) in [5.74, 6) is 0. The molecule has 0 aliphatic carbocycles. The Morgan fingerprint density at radius 1 is 0.120 bits per heavy atom. The second kappa shape index (κ2) is 34.5. The molecule has 696 valence electrons. The highest BCUT2D eigenvalue weighted by Crippen LogP contribution is 2.53. The van der Waals surface area contributed by atoms with Gasteiger partial charge in [0.25, 0.3) is 0 Å². The number of benzene rings is 27. The van der Waals surface area contributed by atoms with Crippen LogP contribution in [0, 0.1) is 0 Å². The monoisotopic (exact) mass is 1960 g/mol. The van der Waals surface area contributed by atoms with Gasteiger partial charge in [0, 0.05) is 88.1 Å². The maximum absolute atomic E-state index is 6.52. The fraction of sp³-hybridized carbons (Fsp3) is 0. The summed E-state index contributed by atoms with van der Waals surface area (Å²) in [6, 6.07) is 186. The Morgan fingerprint density at radius 3 is 0.867 bits per heavy atom. The van der Waals surface area contributed by atoms with Gasteiger partial charge < -0.3 is 13.3 Å². The van der Waals surface area contributed by atoms with Crippen molar-refractivity contribution in [3.8, 4) is 100 Å². The molecule has 0 spiro atoms. The van der Waals surface area contributed by atoms with Gasteiger partial charge in [-0.3, -0.25) is 0 Å². The molecule has 0 saturated carbocycles. The first-order chi connectivity index (χ1) is 74.3. The van der Waals surface area contributed by atoms with Crippen molar-refractivity contribution in [3.63, 3.8) is 0 Å². The van der Waals surface area contributed by atoms with Gasteiger partial charge >= 0.3 is 0 Å². The predicted octanol–water partition coefficient (Wildman–Crippen LogP) is 43.2. The average molecular weight is 1960 g/mol. The number of furan rings is 3. The van der Waals surface area contributed by atoms with E-state index in [1.165, 1.54) is 285 Å². The third-order valence-corrected chi connectivity index (χ3v) is 34.7. The van der Waals surface area contributed by atoms with Crippen molar-refractivity contribution in [1.29, 1.82) is 0 Å². The van der Waals surface area contributed by atoms with Crippen LogP contribution in [0.5, 0.6) is 0 Å². The van der Waals surface area contributed by atoms with Crippen molar-refractivity contribution in [2.45, 2.75) is 0 Å². The molecule has 6 heteroatoms. The Balaban J connectivity index is 0.000000101. The van der Waals surface area contributed by atoms with Crippen LogP contribution in [-0.4, -0.2) is 0 Å². The van der Waals surface area contributed by atoms with Crippen LogP contribution in [0.4, 0.5) is 0 Å². The summed E-state index contributed by atoms with van der Waals surface area (Å²) in [4.78, 5) is 0. The number of fused-ring (bicyclic) bond motifs is 29. The Kier molecular flexibility index (Phi) is 19.7. The maximum Gasteiger partial charge on any atom is 0.153 e. The Bertz CT molecular complexity index is 11300. The van der Waals surface area contributed by atoms with E-state index in [2.05, 4.69) is 497 Å². The molecule has 6 aromatic heterocycles. The smallest absolute Gasteiger partial charge is 0.153 e. The lowest BCUT2D eigenvalue weighted by atomic mass is 9.85. The normalized spacial score (nSPS) is 12.0. The lowest BCUT2D eigenvalue weighted by Gasteiger charge is -2.18. The first kappa shape index (κ1) is 85.7. The molecule has 0 bridgehead atoms.